The number of hydrogen-bond acceptors (Lipinski definition) is 2. The largest absolute Gasteiger partial charge is 0.416 e. The van der Waals surface area contributed by atoms with Crippen molar-refractivity contribution < 1.29 is 18.0 Å². The maximum Gasteiger partial charge on any atom is 0.416 e. The Morgan fingerprint density at radius 2 is 1.86 bits per heavy atom. The first kappa shape index (κ1) is 15.7. The average Bonchev–Trinajstić information content (AvgIpc) is 2.39. The third kappa shape index (κ3) is 4.12. The number of alkyl halides is 3. The molecule has 3 nitrogen and oxygen atoms in total. The molecule has 1 aliphatic rings. The van der Waals surface area contributed by atoms with Gasteiger partial charge >= 0.3 is 6.18 Å². The third-order valence-corrected chi connectivity index (χ3v) is 3.72. The lowest BCUT2D eigenvalue weighted by atomic mass is 10.0. The first-order valence-corrected chi connectivity index (χ1v) is 7.11. The molecule has 116 valence electrons. The molecule has 0 unspecified atom stereocenters. The van der Waals surface area contributed by atoms with Gasteiger partial charge in [0.25, 0.3) is 0 Å². The number of rotatable bonds is 2. The van der Waals surface area contributed by atoms with E-state index in [1.54, 1.807) is 0 Å². The Morgan fingerprint density at radius 3 is 2.57 bits per heavy atom. The van der Waals surface area contributed by atoms with Crippen LogP contribution in [0.1, 0.15) is 43.2 Å². The molecule has 0 saturated carbocycles. The summed E-state index contributed by atoms with van der Waals surface area (Å²) in [5, 5.41) is 0. The molecule has 2 N–H and O–H groups in total. The number of likely N-dealkylation sites (tertiary alicyclic amines) is 1. The lowest BCUT2D eigenvalue weighted by Crippen LogP contribution is -2.33. The van der Waals surface area contributed by atoms with Crippen LogP contribution >= 0.6 is 0 Å². The highest BCUT2D eigenvalue weighted by atomic mass is 19.4. The fourth-order valence-electron chi connectivity index (χ4n) is 2.58. The van der Waals surface area contributed by atoms with E-state index in [1.165, 1.54) is 17.0 Å². The van der Waals surface area contributed by atoms with Gasteiger partial charge in [-0.2, -0.15) is 13.2 Å². The summed E-state index contributed by atoms with van der Waals surface area (Å²) in [6.07, 6.45) is -0.384. The number of carbonyl (C=O) groups is 1. The van der Waals surface area contributed by atoms with Gasteiger partial charge in [0.1, 0.15) is 0 Å². The second-order valence-corrected chi connectivity index (χ2v) is 5.39. The van der Waals surface area contributed by atoms with Crippen LogP contribution in [0.15, 0.2) is 18.2 Å². The van der Waals surface area contributed by atoms with Crippen molar-refractivity contribution in [3.63, 3.8) is 0 Å². The molecule has 21 heavy (non-hydrogen) atoms. The second kappa shape index (κ2) is 6.37. The zero-order valence-electron chi connectivity index (χ0n) is 11.7. The number of benzene rings is 1. The monoisotopic (exact) mass is 300 g/mol. The predicted molar refractivity (Wildman–Crippen MR) is 74.4 cm³/mol. The van der Waals surface area contributed by atoms with Crippen molar-refractivity contribution in [3.8, 4) is 0 Å². The summed E-state index contributed by atoms with van der Waals surface area (Å²) in [5.74, 6) is -0.0698. The summed E-state index contributed by atoms with van der Waals surface area (Å²) in [4.78, 5) is 13.5. The summed E-state index contributed by atoms with van der Waals surface area (Å²) in [6.45, 7) is 0.508. The molecule has 0 aromatic heterocycles. The molecular formula is C15H19F3N2O. The second-order valence-electron chi connectivity index (χ2n) is 5.39. The van der Waals surface area contributed by atoms with Gasteiger partial charge in [0, 0.05) is 25.2 Å². The molecule has 1 aromatic carbocycles. The van der Waals surface area contributed by atoms with E-state index in [1.807, 2.05) is 0 Å². The van der Waals surface area contributed by atoms with Crippen LogP contribution in [0.25, 0.3) is 0 Å². The normalized spacial score (nSPS) is 17.5. The third-order valence-electron chi connectivity index (χ3n) is 3.72. The molecule has 1 heterocycles. The Hall–Kier alpha value is -1.72. The number of anilines is 1. The Bertz CT molecular complexity index is 514. The SMILES string of the molecule is Nc1ccc(CN2CCCCCCC2=O)c(C(F)(F)F)c1. The zero-order chi connectivity index (χ0) is 15.5. The Balaban J connectivity index is 2.23. The summed E-state index contributed by atoms with van der Waals surface area (Å²) in [6, 6.07) is 3.74. The molecule has 0 bridgehead atoms. The predicted octanol–water partition coefficient (Wildman–Crippen LogP) is 3.58. The summed E-state index contributed by atoms with van der Waals surface area (Å²) < 4.78 is 39.2. The molecular weight excluding hydrogens is 281 g/mol. The zero-order valence-corrected chi connectivity index (χ0v) is 11.7. The highest BCUT2D eigenvalue weighted by Gasteiger charge is 2.34. The average molecular weight is 300 g/mol. The maximum atomic E-state index is 13.1. The Morgan fingerprint density at radius 1 is 1.14 bits per heavy atom. The highest BCUT2D eigenvalue weighted by molar-refractivity contribution is 5.76. The summed E-state index contributed by atoms with van der Waals surface area (Å²) >= 11 is 0. The van der Waals surface area contributed by atoms with Crippen molar-refractivity contribution in [1.82, 2.24) is 4.90 Å². The molecule has 0 radical (unpaired) electrons. The van der Waals surface area contributed by atoms with Crippen molar-refractivity contribution in [2.45, 2.75) is 44.8 Å². The van der Waals surface area contributed by atoms with E-state index in [-0.39, 0.29) is 23.7 Å². The van der Waals surface area contributed by atoms with Gasteiger partial charge in [0.15, 0.2) is 0 Å². The number of halogens is 3. The van der Waals surface area contributed by atoms with Crippen molar-refractivity contribution in [3.05, 3.63) is 29.3 Å². The molecule has 2 rings (SSSR count). The van der Waals surface area contributed by atoms with Crippen LogP contribution in [0.5, 0.6) is 0 Å². The van der Waals surface area contributed by atoms with E-state index in [9.17, 15) is 18.0 Å². The van der Waals surface area contributed by atoms with Gasteiger partial charge in [0.2, 0.25) is 5.91 Å². The molecule has 1 amide bonds. The number of hydrogen-bond donors (Lipinski definition) is 1. The van der Waals surface area contributed by atoms with E-state index in [4.69, 9.17) is 5.73 Å². The van der Waals surface area contributed by atoms with E-state index in [2.05, 4.69) is 0 Å². The van der Waals surface area contributed by atoms with E-state index < -0.39 is 11.7 Å². The van der Waals surface area contributed by atoms with Crippen molar-refractivity contribution in [1.29, 1.82) is 0 Å². The van der Waals surface area contributed by atoms with E-state index >= 15 is 0 Å². The molecule has 1 aromatic rings. The number of nitrogens with two attached hydrogens (primary N) is 1. The van der Waals surface area contributed by atoms with Gasteiger partial charge in [-0.05, 0) is 30.5 Å². The van der Waals surface area contributed by atoms with Gasteiger partial charge in [-0.15, -0.1) is 0 Å². The van der Waals surface area contributed by atoms with Gasteiger partial charge in [-0.3, -0.25) is 4.79 Å². The van der Waals surface area contributed by atoms with Gasteiger partial charge < -0.3 is 10.6 Å². The quantitative estimate of drug-likeness (QED) is 0.849. The van der Waals surface area contributed by atoms with Crippen LogP contribution in [0.4, 0.5) is 18.9 Å². The van der Waals surface area contributed by atoms with E-state index in [0.29, 0.717) is 13.0 Å². The lowest BCUT2D eigenvalue weighted by Gasteiger charge is -2.26. The molecule has 0 atom stereocenters. The first-order chi connectivity index (χ1) is 9.88. The van der Waals surface area contributed by atoms with Crippen LogP contribution in [0.2, 0.25) is 0 Å². The van der Waals surface area contributed by atoms with Crippen molar-refractivity contribution in [2.75, 3.05) is 12.3 Å². The minimum Gasteiger partial charge on any atom is -0.399 e. The number of nitrogens with zero attached hydrogens (tertiary/aromatic N) is 1. The molecule has 0 aliphatic carbocycles. The van der Waals surface area contributed by atoms with Crippen molar-refractivity contribution >= 4 is 11.6 Å². The highest BCUT2D eigenvalue weighted by Crippen LogP contribution is 2.34. The summed E-state index contributed by atoms with van der Waals surface area (Å²) in [7, 11) is 0. The molecule has 0 spiro atoms. The minimum atomic E-state index is -4.46. The van der Waals surface area contributed by atoms with Crippen LogP contribution in [0, 0.1) is 0 Å². The maximum absolute atomic E-state index is 13.1. The van der Waals surface area contributed by atoms with Crippen molar-refractivity contribution in [2.24, 2.45) is 0 Å². The Labute approximate surface area is 121 Å². The molecule has 1 aliphatic heterocycles. The fourth-order valence-corrected chi connectivity index (χ4v) is 2.58. The van der Waals surface area contributed by atoms with Gasteiger partial charge in [-0.25, -0.2) is 0 Å². The fraction of sp³-hybridized carbons (Fsp3) is 0.533. The van der Waals surface area contributed by atoms with Crippen LogP contribution < -0.4 is 5.73 Å². The number of carbonyl (C=O) groups excluding carboxylic acids is 1. The number of nitrogen functional groups attached to an aromatic ring is 1. The van der Waals surface area contributed by atoms with Gasteiger partial charge in [0.05, 0.1) is 5.56 Å². The lowest BCUT2D eigenvalue weighted by molar-refractivity contribution is -0.140. The van der Waals surface area contributed by atoms with E-state index in [0.717, 1.165) is 31.7 Å². The first-order valence-electron chi connectivity index (χ1n) is 7.11. The van der Waals surface area contributed by atoms with Crippen LogP contribution in [-0.2, 0) is 17.5 Å². The molecule has 1 saturated heterocycles. The number of amides is 1. The smallest absolute Gasteiger partial charge is 0.399 e. The van der Waals surface area contributed by atoms with Crippen LogP contribution in [-0.4, -0.2) is 17.4 Å². The van der Waals surface area contributed by atoms with Gasteiger partial charge in [-0.1, -0.05) is 18.9 Å². The molecule has 1 fully saturated rings. The summed E-state index contributed by atoms with van der Waals surface area (Å²) in [5.41, 5.74) is 4.87. The topological polar surface area (TPSA) is 46.3 Å². The Kier molecular flexibility index (Phi) is 4.75. The standard InChI is InChI=1S/C15H19F3N2O/c16-15(17,18)13-9-12(19)7-6-11(13)10-20-8-4-2-1-3-5-14(20)21/h6-7,9H,1-5,8,10,19H2. The van der Waals surface area contributed by atoms with Crippen LogP contribution in [0.3, 0.4) is 0 Å². The molecule has 6 heteroatoms. The minimum absolute atomic E-state index is 0.00600.